The maximum Gasteiger partial charge on any atom is 0.165 e. The second-order valence-electron chi connectivity index (χ2n) is 5.34. The lowest BCUT2D eigenvalue weighted by atomic mass is 9.83. The van der Waals surface area contributed by atoms with Gasteiger partial charge in [-0.2, -0.15) is 0 Å². The van der Waals surface area contributed by atoms with Crippen LogP contribution in [0.1, 0.15) is 31.7 Å². The van der Waals surface area contributed by atoms with Crippen LogP contribution in [0.15, 0.2) is 35.9 Å². The van der Waals surface area contributed by atoms with Crippen LogP contribution < -0.4 is 0 Å². The third-order valence-electron chi connectivity index (χ3n) is 4.11. The number of carbonyl (C=O) groups is 1. The molecule has 2 bridgehead atoms. The highest BCUT2D eigenvalue weighted by molar-refractivity contribution is 6.06. The van der Waals surface area contributed by atoms with Crippen LogP contribution in [0, 0.1) is 11.3 Å². The number of allylic oxidation sites excluding steroid dienone is 1. The molecule has 2 aliphatic rings. The fourth-order valence-corrected chi connectivity index (χ4v) is 3.16. The van der Waals surface area contributed by atoms with Crippen molar-refractivity contribution in [3.8, 4) is 0 Å². The SMILES string of the molecule is CC12CCC(C1)/C(=C/c1ccccc1)C2=O. The Morgan fingerprint density at radius 2 is 2.06 bits per heavy atom. The molecule has 2 aliphatic carbocycles. The van der Waals surface area contributed by atoms with Gasteiger partial charge in [-0.3, -0.25) is 4.79 Å². The Balaban J connectivity index is 1.98. The largest absolute Gasteiger partial charge is 0.294 e. The second-order valence-corrected chi connectivity index (χ2v) is 5.34. The lowest BCUT2D eigenvalue weighted by molar-refractivity contribution is -0.122. The van der Waals surface area contributed by atoms with Gasteiger partial charge in [0.25, 0.3) is 0 Å². The van der Waals surface area contributed by atoms with Crippen molar-refractivity contribution in [2.45, 2.75) is 26.2 Å². The third kappa shape index (κ3) is 1.35. The van der Waals surface area contributed by atoms with Crippen LogP contribution in [0.2, 0.25) is 0 Å². The topological polar surface area (TPSA) is 17.1 Å². The summed E-state index contributed by atoms with van der Waals surface area (Å²) in [5, 5.41) is 0. The van der Waals surface area contributed by atoms with Gasteiger partial charge in [-0.05, 0) is 42.4 Å². The quantitative estimate of drug-likeness (QED) is 0.651. The van der Waals surface area contributed by atoms with Gasteiger partial charge in [-0.1, -0.05) is 37.3 Å². The Labute approximate surface area is 96.2 Å². The zero-order valence-electron chi connectivity index (χ0n) is 9.57. The fourth-order valence-electron chi connectivity index (χ4n) is 3.16. The first-order chi connectivity index (χ1) is 7.69. The minimum absolute atomic E-state index is 0.0364. The molecule has 1 aromatic carbocycles. The summed E-state index contributed by atoms with van der Waals surface area (Å²) in [5.41, 5.74) is 2.19. The molecule has 0 amide bonds. The molecule has 0 N–H and O–H groups in total. The molecule has 2 unspecified atom stereocenters. The number of benzene rings is 1. The van der Waals surface area contributed by atoms with Crippen molar-refractivity contribution in [1.82, 2.24) is 0 Å². The summed E-state index contributed by atoms with van der Waals surface area (Å²) >= 11 is 0. The normalized spacial score (nSPS) is 34.9. The smallest absolute Gasteiger partial charge is 0.165 e. The van der Waals surface area contributed by atoms with Gasteiger partial charge in [-0.15, -0.1) is 0 Å². The van der Waals surface area contributed by atoms with Crippen LogP contribution in [-0.2, 0) is 4.79 Å². The van der Waals surface area contributed by atoms with Gasteiger partial charge in [0.05, 0.1) is 0 Å². The lowest BCUT2D eigenvalue weighted by Gasteiger charge is -2.19. The van der Waals surface area contributed by atoms with Gasteiger partial charge in [0, 0.05) is 5.41 Å². The van der Waals surface area contributed by atoms with E-state index in [4.69, 9.17) is 0 Å². The molecule has 0 spiro atoms. The minimum atomic E-state index is -0.0364. The molecular formula is C15H16O. The molecule has 1 aromatic rings. The van der Waals surface area contributed by atoms with Crippen molar-refractivity contribution in [1.29, 1.82) is 0 Å². The van der Waals surface area contributed by atoms with Gasteiger partial charge in [-0.25, -0.2) is 0 Å². The molecular weight excluding hydrogens is 196 g/mol. The highest BCUT2D eigenvalue weighted by atomic mass is 16.1. The first-order valence-corrected chi connectivity index (χ1v) is 6.00. The molecule has 3 rings (SSSR count). The summed E-state index contributed by atoms with van der Waals surface area (Å²) in [6.45, 7) is 2.13. The number of Topliss-reactive ketones (excluding diaryl/α,β-unsaturated/α-hetero) is 1. The zero-order valence-corrected chi connectivity index (χ0v) is 9.57. The average molecular weight is 212 g/mol. The Kier molecular flexibility index (Phi) is 2.03. The summed E-state index contributed by atoms with van der Waals surface area (Å²) in [4.78, 5) is 12.2. The Morgan fingerprint density at radius 1 is 1.31 bits per heavy atom. The standard InChI is InChI=1S/C15H16O/c1-15-8-7-12(10-15)13(14(15)16)9-11-5-3-2-4-6-11/h2-6,9,12H,7-8,10H2,1H3/b13-9-. The Hall–Kier alpha value is -1.37. The highest BCUT2D eigenvalue weighted by Gasteiger charge is 2.51. The van der Waals surface area contributed by atoms with Crippen LogP contribution >= 0.6 is 0 Å². The number of fused-ring (bicyclic) bond motifs is 2. The van der Waals surface area contributed by atoms with Gasteiger partial charge >= 0.3 is 0 Å². The van der Waals surface area contributed by atoms with Crippen molar-refractivity contribution >= 4 is 11.9 Å². The first-order valence-electron chi connectivity index (χ1n) is 6.00. The monoisotopic (exact) mass is 212 g/mol. The van der Waals surface area contributed by atoms with Gasteiger partial charge in [0.15, 0.2) is 5.78 Å². The van der Waals surface area contributed by atoms with E-state index in [-0.39, 0.29) is 5.41 Å². The van der Waals surface area contributed by atoms with E-state index in [1.807, 2.05) is 18.2 Å². The predicted molar refractivity (Wildman–Crippen MR) is 64.9 cm³/mol. The molecule has 1 heteroatoms. The second kappa shape index (κ2) is 3.31. The van der Waals surface area contributed by atoms with Crippen molar-refractivity contribution in [3.05, 3.63) is 41.5 Å². The lowest BCUT2D eigenvalue weighted by Crippen LogP contribution is -2.22. The molecule has 1 nitrogen and oxygen atoms in total. The molecule has 2 atom stereocenters. The van der Waals surface area contributed by atoms with Crippen molar-refractivity contribution in [3.63, 3.8) is 0 Å². The number of carbonyl (C=O) groups excluding carboxylic acids is 1. The number of hydrogen-bond donors (Lipinski definition) is 0. The van der Waals surface area contributed by atoms with E-state index in [0.717, 1.165) is 24.0 Å². The molecule has 82 valence electrons. The van der Waals surface area contributed by atoms with Crippen LogP contribution in [0.4, 0.5) is 0 Å². The molecule has 0 heterocycles. The molecule has 2 fully saturated rings. The van der Waals surface area contributed by atoms with E-state index < -0.39 is 0 Å². The minimum Gasteiger partial charge on any atom is -0.294 e. The third-order valence-corrected chi connectivity index (χ3v) is 4.11. The van der Waals surface area contributed by atoms with Gasteiger partial charge in [0.2, 0.25) is 0 Å². The average Bonchev–Trinajstić information content (AvgIpc) is 2.78. The Bertz CT molecular complexity index is 458. The van der Waals surface area contributed by atoms with E-state index in [0.29, 0.717) is 11.7 Å². The summed E-state index contributed by atoms with van der Waals surface area (Å²) in [5.74, 6) is 0.922. The predicted octanol–water partition coefficient (Wildman–Crippen LogP) is 3.46. The van der Waals surface area contributed by atoms with Crippen LogP contribution in [0.25, 0.3) is 6.08 Å². The van der Waals surface area contributed by atoms with E-state index >= 15 is 0 Å². The van der Waals surface area contributed by atoms with Crippen molar-refractivity contribution in [2.75, 3.05) is 0 Å². The number of rotatable bonds is 1. The van der Waals surface area contributed by atoms with Crippen LogP contribution in [0.3, 0.4) is 0 Å². The van der Waals surface area contributed by atoms with E-state index in [9.17, 15) is 4.79 Å². The summed E-state index contributed by atoms with van der Waals surface area (Å²) in [7, 11) is 0. The fraction of sp³-hybridized carbons (Fsp3) is 0.400. The van der Waals surface area contributed by atoms with E-state index in [2.05, 4.69) is 25.1 Å². The molecule has 2 saturated carbocycles. The van der Waals surface area contributed by atoms with Crippen LogP contribution in [-0.4, -0.2) is 5.78 Å². The molecule has 0 radical (unpaired) electrons. The Morgan fingerprint density at radius 3 is 2.69 bits per heavy atom. The molecule has 16 heavy (non-hydrogen) atoms. The zero-order chi connectivity index (χ0) is 11.2. The van der Waals surface area contributed by atoms with E-state index in [1.54, 1.807) is 0 Å². The first kappa shape index (κ1) is 9.83. The summed E-state index contributed by atoms with van der Waals surface area (Å²) in [6.07, 6.45) is 5.45. The summed E-state index contributed by atoms with van der Waals surface area (Å²) in [6, 6.07) is 10.2. The number of hydrogen-bond acceptors (Lipinski definition) is 1. The molecule has 0 saturated heterocycles. The number of ketones is 1. The van der Waals surface area contributed by atoms with Gasteiger partial charge in [0.1, 0.15) is 0 Å². The molecule has 0 aliphatic heterocycles. The maximum atomic E-state index is 12.2. The van der Waals surface area contributed by atoms with Crippen molar-refractivity contribution < 1.29 is 4.79 Å². The van der Waals surface area contributed by atoms with Gasteiger partial charge < -0.3 is 0 Å². The molecule has 0 aromatic heterocycles. The maximum absolute atomic E-state index is 12.2. The summed E-state index contributed by atoms with van der Waals surface area (Å²) < 4.78 is 0. The van der Waals surface area contributed by atoms with E-state index in [1.165, 1.54) is 6.42 Å². The van der Waals surface area contributed by atoms with Crippen LogP contribution in [0.5, 0.6) is 0 Å². The highest BCUT2D eigenvalue weighted by Crippen LogP contribution is 2.54. The van der Waals surface area contributed by atoms with Crippen molar-refractivity contribution in [2.24, 2.45) is 11.3 Å².